The van der Waals surface area contributed by atoms with Crippen LogP contribution in [0.1, 0.15) is 31.0 Å². The Morgan fingerprint density at radius 3 is 2.61 bits per heavy atom. The lowest BCUT2D eigenvalue weighted by Gasteiger charge is -2.27. The minimum Gasteiger partial charge on any atom is -0.493 e. The molecule has 0 saturated heterocycles. The quantitative estimate of drug-likeness (QED) is 0.292. The van der Waals surface area contributed by atoms with Crippen LogP contribution >= 0.6 is 11.3 Å². The third-order valence-corrected chi connectivity index (χ3v) is 6.91. The lowest BCUT2D eigenvalue weighted by atomic mass is 9.94. The number of allylic oxidation sites excluding steroid dienone is 2. The van der Waals surface area contributed by atoms with Crippen molar-refractivity contribution in [2.24, 2.45) is 4.99 Å². The monoisotopic (exact) mass is 534 g/mol. The molecule has 8 nitrogen and oxygen atoms in total. The summed E-state index contributed by atoms with van der Waals surface area (Å²) < 4.78 is 24.1. The lowest BCUT2D eigenvalue weighted by molar-refractivity contribution is -0.140. The third kappa shape index (κ3) is 5.64. The molecule has 3 aromatic rings. The van der Waals surface area contributed by atoms with Crippen LogP contribution in [0.25, 0.3) is 12.2 Å². The molecule has 2 aromatic carbocycles. The number of benzene rings is 2. The zero-order valence-corrected chi connectivity index (χ0v) is 22.6. The number of hydrogen-bond acceptors (Lipinski definition) is 8. The molecule has 0 unspecified atom stereocenters. The SMILES string of the molecule is CCOc1c(OC)cccc1[C@@H]1C(C(=O)OCCOC)=C(C)N=c2s/c(=C/C=C/c3ccccc3)c(=O)n21. The smallest absolute Gasteiger partial charge is 0.338 e. The molecular formula is C29H30N2O6S. The van der Waals surface area contributed by atoms with E-state index in [4.69, 9.17) is 18.9 Å². The van der Waals surface area contributed by atoms with Gasteiger partial charge in [0.2, 0.25) is 0 Å². The van der Waals surface area contributed by atoms with Gasteiger partial charge in [0.15, 0.2) is 16.3 Å². The van der Waals surface area contributed by atoms with Gasteiger partial charge in [-0.1, -0.05) is 66.0 Å². The molecule has 2 heterocycles. The topological polar surface area (TPSA) is 88.4 Å². The largest absolute Gasteiger partial charge is 0.493 e. The van der Waals surface area contributed by atoms with Crippen molar-refractivity contribution in [3.8, 4) is 11.5 Å². The van der Waals surface area contributed by atoms with Crippen molar-refractivity contribution < 1.29 is 23.7 Å². The van der Waals surface area contributed by atoms with Crippen LogP contribution < -0.4 is 24.4 Å². The molecule has 9 heteroatoms. The van der Waals surface area contributed by atoms with Crippen molar-refractivity contribution in [2.75, 3.05) is 34.0 Å². The molecule has 0 fully saturated rings. The first kappa shape index (κ1) is 27.1. The molecule has 38 heavy (non-hydrogen) atoms. The first-order valence-electron chi connectivity index (χ1n) is 12.2. The summed E-state index contributed by atoms with van der Waals surface area (Å²) >= 11 is 1.26. The van der Waals surface area contributed by atoms with Crippen molar-refractivity contribution in [1.82, 2.24) is 4.57 Å². The van der Waals surface area contributed by atoms with Crippen LogP contribution in [0.4, 0.5) is 0 Å². The summed E-state index contributed by atoms with van der Waals surface area (Å²) in [4.78, 5) is 32.2. The Labute approximate surface area is 224 Å². The molecule has 1 aromatic heterocycles. The zero-order valence-electron chi connectivity index (χ0n) is 21.8. The summed E-state index contributed by atoms with van der Waals surface area (Å²) in [5, 5.41) is 0. The van der Waals surface area contributed by atoms with Crippen molar-refractivity contribution >= 4 is 29.5 Å². The first-order valence-corrected chi connectivity index (χ1v) is 13.0. The number of fused-ring (bicyclic) bond motifs is 1. The Morgan fingerprint density at radius 2 is 1.89 bits per heavy atom. The minimum atomic E-state index is -0.821. The molecule has 198 valence electrons. The number of carbonyl (C=O) groups excluding carboxylic acids is 1. The molecule has 1 aliphatic heterocycles. The highest BCUT2D eigenvalue weighted by Gasteiger charge is 2.36. The number of rotatable bonds is 10. The predicted octanol–water partition coefficient (Wildman–Crippen LogP) is 3.50. The third-order valence-electron chi connectivity index (χ3n) is 5.91. The molecule has 0 radical (unpaired) electrons. The van der Waals surface area contributed by atoms with E-state index >= 15 is 0 Å². The normalized spacial score (nSPS) is 15.4. The standard InChI is InChI=1S/C29H30N2O6S/c1-5-36-26-21(14-10-15-22(26)35-4)25-24(28(33)37-18-17-34-3)19(2)30-29-31(25)27(32)23(38-29)16-9-13-20-11-7-6-8-12-20/h6-16,25H,5,17-18H2,1-4H3/b13-9+,23-16+/t25-/m1/s1. The summed E-state index contributed by atoms with van der Waals surface area (Å²) in [6.45, 7) is 4.30. The molecule has 0 bridgehead atoms. The number of esters is 1. The zero-order chi connectivity index (χ0) is 27.1. The van der Waals surface area contributed by atoms with E-state index in [9.17, 15) is 9.59 Å². The summed E-state index contributed by atoms with van der Waals surface area (Å²) in [7, 11) is 3.08. The fourth-order valence-electron chi connectivity index (χ4n) is 4.20. The van der Waals surface area contributed by atoms with Crippen LogP contribution in [0.15, 0.2) is 75.7 Å². The molecule has 0 saturated carbocycles. The van der Waals surface area contributed by atoms with Gasteiger partial charge in [-0.05, 0) is 31.6 Å². The molecule has 0 amide bonds. The summed E-state index contributed by atoms with van der Waals surface area (Å²) in [5.41, 5.74) is 2.08. The van der Waals surface area contributed by atoms with E-state index in [1.54, 1.807) is 32.2 Å². The first-order chi connectivity index (χ1) is 18.5. The summed E-state index contributed by atoms with van der Waals surface area (Å²) in [6, 6.07) is 14.4. The summed E-state index contributed by atoms with van der Waals surface area (Å²) in [5.74, 6) is 0.383. The highest BCUT2D eigenvalue weighted by atomic mass is 32.1. The maximum Gasteiger partial charge on any atom is 0.338 e. The highest BCUT2D eigenvalue weighted by molar-refractivity contribution is 7.07. The van der Waals surface area contributed by atoms with Gasteiger partial charge in [-0.15, -0.1) is 0 Å². The Kier molecular flexibility index (Phi) is 8.93. The van der Waals surface area contributed by atoms with Crippen LogP contribution in [0, 0.1) is 0 Å². The van der Waals surface area contributed by atoms with Gasteiger partial charge in [0, 0.05) is 12.7 Å². The number of thiazole rings is 1. The predicted molar refractivity (Wildman–Crippen MR) is 147 cm³/mol. The molecule has 0 aliphatic carbocycles. The van der Waals surface area contributed by atoms with Gasteiger partial charge >= 0.3 is 5.97 Å². The van der Waals surface area contributed by atoms with Crippen molar-refractivity contribution in [3.63, 3.8) is 0 Å². The Bertz CT molecular complexity index is 1540. The van der Waals surface area contributed by atoms with E-state index in [0.29, 0.717) is 38.7 Å². The summed E-state index contributed by atoms with van der Waals surface area (Å²) in [6.07, 6.45) is 5.52. The van der Waals surface area contributed by atoms with Gasteiger partial charge in [-0.25, -0.2) is 9.79 Å². The van der Waals surface area contributed by atoms with E-state index in [1.807, 2.05) is 55.5 Å². The van der Waals surface area contributed by atoms with Crippen molar-refractivity contribution in [2.45, 2.75) is 19.9 Å². The number of methoxy groups -OCH3 is 2. The molecular weight excluding hydrogens is 504 g/mol. The molecule has 4 rings (SSSR count). The van der Waals surface area contributed by atoms with Crippen LogP contribution in [0.5, 0.6) is 11.5 Å². The molecule has 0 spiro atoms. The van der Waals surface area contributed by atoms with Crippen LogP contribution in [0.2, 0.25) is 0 Å². The number of ether oxygens (including phenoxy) is 4. The number of hydrogen-bond donors (Lipinski definition) is 0. The molecule has 0 N–H and O–H groups in total. The van der Waals surface area contributed by atoms with E-state index < -0.39 is 12.0 Å². The van der Waals surface area contributed by atoms with E-state index in [0.717, 1.165) is 5.56 Å². The van der Waals surface area contributed by atoms with E-state index in [2.05, 4.69) is 4.99 Å². The Hall–Kier alpha value is -3.95. The van der Waals surface area contributed by atoms with Gasteiger partial charge in [-0.3, -0.25) is 9.36 Å². The number of nitrogens with zero attached hydrogens (tertiary/aromatic N) is 2. The van der Waals surface area contributed by atoms with Crippen LogP contribution in [-0.4, -0.2) is 44.6 Å². The maximum atomic E-state index is 13.8. The van der Waals surface area contributed by atoms with Crippen molar-refractivity contribution in [1.29, 1.82) is 0 Å². The van der Waals surface area contributed by atoms with Crippen LogP contribution in [0.3, 0.4) is 0 Å². The average Bonchev–Trinajstić information content (AvgIpc) is 3.23. The fourth-order valence-corrected chi connectivity index (χ4v) is 5.20. The van der Waals surface area contributed by atoms with Gasteiger partial charge in [-0.2, -0.15) is 0 Å². The second kappa shape index (κ2) is 12.5. The number of para-hydroxylation sites is 1. The van der Waals surface area contributed by atoms with Gasteiger partial charge < -0.3 is 18.9 Å². The van der Waals surface area contributed by atoms with E-state index in [1.165, 1.54) is 23.0 Å². The van der Waals surface area contributed by atoms with E-state index in [-0.39, 0.29) is 24.3 Å². The molecule has 1 atom stereocenters. The average molecular weight is 535 g/mol. The maximum absolute atomic E-state index is 13.8. The Balaban J connectivity index is 1.90. The molecule has 1 aliphatic rings. The van der Waals surface area contributed by atoms with Crippen LogP contribution in [-0.2, 0) is 14.3 Å². The fraction of sp³-hybridized carbons (Fsp3) is 0.276. The van der Waals surface area contributed by atoms with Crippen molar-refractivity contribution in [3.05, 3.63) is 96.7 Å². The highest BCUT2D eigenvalue weighted by Crippen LogP contribution is 2.40. The number of aromatic nitrogens is 1. The Morgan fingerprint density at radius 1 is 1.11 bits per heavy atom. The second-order valence-electron chi connectivity index (χ2n) is 8.31. The van der Waals surface area contributed by atoms with Gasteiger partial charge in [0.25, 0.3) is 5.56 Å². The van der Waals surface area contributed by atoms with Gasteiger partial charge in [0.1, 0.15) is 12.6 Å². The second-order valence-corrected chi connectivity index (χ2v) is 9.32. The minimum absolute atomic E-state index is 0.0734. The number of carbonyl (C=O) groups is 1. The lowest BCUT2D eigenvalue weighted by Crippen LogP contribution is -2.40. The van der Waals surface area contributed by atoms with Gasteiger partial charge in [0.05, 0.1) is 36.1 Å².